The van der Waals surface area contributed by atoms with E-state index < -0.39 is 28.9 Å². The predicted octanol–water partition coefficient (Wildman–Crippen LogP) is 2.55. The van der Waals surface area contributed by atoms with E-state index in [2.05, 4.69) is 5.32 Å². The SMILES string of the molecule is COc1cc(/C=C2/NC(=O)N(Cc3ccc([N+](=O)[O-])cc3)C2=O)ccc1OC(C)C(=O)O. The lowest BCUT2D eigenvalue weighted by atomic mass is 10.1. The van der Waals surface area contributed by atoms with Crippen molar-refractivity contribution in [3.05, 3.63) is 69.4 Å². The Bertz CT molecular complexity index is 1110. The number of hydrogen-bond donors (Lipinski definition) is 2. The summed E-state index contributed by atoms with van der Waals surface area (Å²) in [4.78, 5) is 47.1. The smallest absolute Gasteiger partial charge is 0.344 e. The van der Waals surface area contributed by atoms with Gasteiger partial charge in [0.1, 0.15) is 5.70 Å². The van der Waals surface area contributed by atoms with Crippen molar-refractivity contribution in [2.45, 2.75) is 19.6 Å². The Kier molecular flexibility index (Phi) is 6.38. The minimum Gasteiger partial charge on any atom is -0.493 e. The molecule has 1 unspecified atom stereocenters. The Hall–Kier alpha value is -4.41. The number of carboxylic acids is 1. The third-order valence-corrected chi connectivity index (χ3v) is 4.60. The van der Waals surface area contributed by atoms with E-state index in [1.807, 2.05) is 0 Å². The molecule has 3 amide bonds. The Morgan fingerprint density at radius 1 is 1.22 bits per heavy atom. The van der Waals surface area contributed by atoms with Gasteiger partial charge >= 0.3 is 12.0 Å². The molecule has 0 aromatic heterocycles. The van der Waals surface area contributed by atoms with E-state index in [0.29, 0.717) is 11.1 Å². The molecule has 0 saturated carbocycles. The quantitative estimate of drug-likeness (QED) is 0.275. The lowest BCUT2D eigenvalue weighted by Crippen LogP contribution is -2.30. The second-order valence-corrected chi connectivity index (χ2v) is 6.81. The van der Waals surface area contributed by atoms with Gasteiger partial charge in [-0.1, -0.05) is 18.2 Å². The summed E-state index contributed by atoms with van der Waals surface area (Å²) in [5.41, 5.74) is 1.01. The number of rotatable bonds is 8. The van der Waals surface area contributed by atoms with E-state index in [9.17, 15) is 24.5 Å². The van der Waals surface area contributed by atoms with Crippen LogP contribution in [0, 0.1) is 10.1 Å². The summed E-state index contributed by atoms with van der Waals surface area (Å²) in [6.07, 6.45) is 0.361. The topological polar surface area (TPSA) is 148 Å². The molecule has 1 aliphatic rings. The van der Waals surface area contributed by atoms with Crippen LogP contribution in [-0.4, -0.2) is 46.1 Å². The largest absolute Gasteiger partial charge is 0.493 e. The second kappa shape index (κ2) is 9.16. The maximum Gasteiger partial charge on any atom is 0.344 e. The normalized spacial score (nSPS) is 15.4. The highest BCUT2D eigenvalue weighted by molar-refractivity contribution is 6.13. The van der Waals surface area contributed by atoms with E-state index in [0.717, 1.165) is 4.90 Å². The van der Waals surface area contributed by atoms with Crippen LogP contribution in [-0.2, 0) is 16.1 Å². The molecule has 1 saturated heterocycles. The number of ether oxygens (including phenoxy) is 2. The highest BCUT2D eigenvalue weighted by Gasteiger charge is 2.33. The van der Waals surface area contributed by atoms with Crippen molar-refractivity contribution in [2.24, 2.45) is 0 Å². The molecule has 0 aliphatic carbocycles. The summed E-state index contributed by atoms with van der Waals surface area (Å²) < 4.78 is 10.6. The highest BCUT2D eigenvalue weighted by atomic mass is 16.6. The van der Waals surface area contributed by atoms with E-state index in [-0.39, 0.29) is 29.4 Å². The molecule has 0 spiro atoms. The van der Waals surface area contributed by atoms with Crippen LogP contribution in [0.5, 0.6) is 11.5 Å². The van der Waals surface area contributed by atoms with Crippen LogP contribution in [0.3, 0.4) is 0 Å². The number of nitrogens with one attached hydrogen (secondary N) is 1. The van der Waals surface area contributed by atoms with Crippen LogP contribution in [0.2, 0.25) is 0 Å². The van der Waals surface area contributed by atoms with Crippen molar-refractivity contribution in [3.8, 4) is 11.5 Å². The minimum atomic E-state index is -1.13. The van der Waals surface area contributed by atoms with Gasteiger partial charge in [-0.15, -0.1) is 0 Å². The van der Waals surface area contributed by atoms with E-state index in [1.165, 1.54) is 56.5 Å². The van der Waals surface area contributed by atoms with Gasteiger partial charge in [0.2, 0.25) is 0 Å². The first-order valence-electron chi connectivity index (χ1n) is 9.35. The van der Waals surface area contributed by atoms with Crippen molar-refractivity contribution in [1.29, 1.82) is 0 Å². The van der Waals surface area contributed by atoms with Gasteiger partial charge in [-0.05, 0) is 36.3 Å². The van der Waals surface area contributed by atoms with Gasteiger partial charge in [0.15, 0.2) is 17.6 Å². The number of carbonyl (C=O) groups is 3. The average molecular weight is 441 g/mol. The molecule has 0 bridgehead atoms. The molecule has 2 aromatic rings. The lowest BCUT2D eigenvalue weighted by Gasteiger charge is -2.14. The summed E-state index contributed by atoms with van der Waals surface area (Å²) >= 11 is 0. The van der Waals surface area contributed by atoms with Gasteiger partial charge in [-0.3, -0.25) is 19.8 Å². The Morgan fingerprint density at radius 3 is 2.50 bits per heavy atom. The molecule has 3 rings (SSSR count). The maximum atomic E-state index is 12.7. The van der Waals surface area contributed by atoms with E-state index in [4.69, 9.17) is 14.6 Å². The number of non-ortho nitro benzene ring substituents is 1. The van der Waals surface area contributed by atoms with Crippen molar-refractivity contribution in [2.75, 3.05) is 7.11 Å². The Labute approximate surface area is 182 Å². The second-order valence-electron chi connectivity index (χ2n) is 6.81. The summed E-state index contributed by atoms with van der Waals surface area (Å²) in [5.74, 6) is -1.23. The van der Waals surface area contributed by atoms with Gasteiger partial charge in [0.05, 0.1) is 18.6 Å². The fraction of sp³-hybridized carbons (Fsp3) is 0.190. The zero-order valence-electron chi connectivity index (χ0n) is 17.1. The highest BCUT2D eigenvalue weighted by Crippen LogP contribution is 2.30. The first-order chi connectivity index (χ1) is 15.2. The molecule has 11 nitrogen and oxygen atoms in total. The zero-order valence-corrected chi connectivity index (χ0v) is 17.1. The third kappa shape index (κ3) is 4.83. The first kappa shape index (κ1) is 22.3. The zero-order chi connectivity index (χ0) is 23.4. The van der Waals surface area contributed by atoms with Gasteiger partial charge in [-0.25, -0.2) is 9.59 Å². The average Bonchev–Trinajstić information content (AvgIpc) is 3.02. The number of carbonyl (C=O) groups excluding carboxylic acids is 2. The molecule has 166 valence electrons. The number of carboxylic acid groups (broad SMARTS) is 1. The van der Waals surface area contributed by atoms with Crippen LogP contribution in [0.1, 0.15) is 18.1 Å². The number of methoxy groups -OCH3 is 1. The number of aliphatic carboxylic acids is 1. The van der Waals surface area contributed by atoms with Crippen LogP contribution in [0.25, 0.3) is 6.08 Å². The summed E-state index contributed by atoms with van der Waals surface area (Å²) in [6.45, 7) is 1.33. The van der Waals surface area contributed by atoms with Crippen molar-refractivity contribution < 1.29 is 33.9 Å². The predicted molar refractivity (Wildman–Crippen MR) is 111 cm³/mol. The summed E-state index contributed by atoms with van der Waals surface area (Å²) in [6, 6.07) is 9.54. The molecule has 32 heavy (non-hydrogen) atoms. The molecule has 1 heterocycles. The molecule has 11 heteroatoms. The van der Waals surface area contributed by atoms with Crippen molar-refractivity contribution in [1.82, 2.24) is 10.2 Å². The van der Waals surface area contributed by atoms with E-state index in [1.54, 1.807) is 6.07 Å². The third-order valence-electron chi connectivity index (χ3n) is 4.60. The van der Waals surface area contributed by atoms with Gasteiger partial charge in [-0.2, -0.15) is 0 Å². The molecule has 2 aromatic carbocycles. The molecule has 2 N–H and O–H groups in total. The van der Waals surface area contributed by atoms with Gasteiger partial charge in [0, 0.05) is 12.1 Å². The standard InChI is InChI=1S/C21H19N3O8/c1-12(20(26)27)32-17-8-5-14(10-18(17)31-2)9-16-19(25)23(21(28)22-16)11-13-3-6-15(7-4-13)24(29)30/h3-10,12H,11H2,1-2H3,(H,22,28)(H,26,27)/b16-9+. The fourth-order valence-corrected chi connectivity index (χ4v) is 2.90. The number of hydrogen-bond acceptors (Lipinski definition) is 7. The molecule has 1 atom stereocenters. The molecule has 1 fully saturated rings. The number of benzene rings is 2. The number of nitro benzene ring substituents is 1. The molecular weight excluding hydrogens is 422 g/mol. The van der Waals surface area contributed by atoms with Crippen LogP contribution >= 0.6 is 0 Å². The molecular formula is C21H19N3O8. The van der Waals surface area contributed by atoms with Gasteiger partial charge in [0.25, 0.3) is 11.6 Å². The van der Waals surface area contributed by atoms with Crippen molar-refractivity contribution >= 4 is 29.7 Å². The van der Waals surface area contributed by atoms with Crippen molar-refractivity contribution in [3.63, 3.8) is 0 Å². The maximum absolute atomic E-state index is 12.7. The minimum absolute atomic E-state index is 0.0338. The number of nitrogens with zero attached hydrogens (tertiary/aromatic N) is 2. The van der Waals surface area contributed by atoms with Gasteiger partial charge < -0.3 is 19.9 Å². The number of imide groups is 1. The summed E-state index contributed by atoms with van der Waals surface area (Å²) in [5, 5.41) is 22.2. The fourth-order valence-electron chi connectivity index (χ4n) is 2.90. The van der Waals surface area contributed by atoms with E-state index >= 15 is 0 Å². The monoisotopic (exact) mass is 441 g/mol. The Morgan fingerprint density at radius 2 is 1.91 bits per heavy atom. The lowest BCUT2D eigenvalue weighted by molar-refractivity contribution is -0.384. The Balaban J connectivity index is 1.77. The number of urea groups is 1. The van der Waals surface area contributed by atoms with Crippen LogP contribution < -0.4 is 14.8 Å². The first-order valence-corrected chi connectivity index (χ1v) is 9.35. The number of nitro groups is 1. The van der Waals surface area contributed by atoms with Crippen LogP contribution in [0.4, 0.5) is 10.5 Å². The molecule has 0 radical (unpaired) electrons. The summed E-state index contributed by atoms with van der Waals surface area (Å²) in [7, 11) is 1.39. The number of amides is 3. The molecule has 1 aliphatic heterocycles. The van der Waals surface area contributed by atoms with Crippen LogP contribution in [0.15, 0.2) is 48.2 Å².